The minimum Gasteiger partial charge on any atom is -0.343 e. The molecule has 0 saturated heterocycles. The molecule has 2 amide bonds. The molecule has 1 aromatic carbocycles. The highest BCUT2D eigenvalue weighted by Crippen LogP contribution is 2.32. The Labute approximate surface area is 181 Å². The Morgan fingerprint density at radius 3 is 2.48 bits per heavy atom. The zero-order valence-electron chi connectivity index (χ0n) is 18.0. The number of nitriles is 1. The second-order valence-corrected chi connectivity index (χ2v) is 7.87. The third kappa shape index (κ3) is 4.22. The maximum Gasteiger partial charge on any atom is 0.293 e. The number of ketones is 1. The molecule has 1 aliphatic carbocycles. The Balaban J connectivity index is 1.86. The number of carbonyl (C=O) groups is 3. The summed E-state index contributed by atoms with van der Waals surface area (Å²) in [6.45, 7) is 5.13. The molecular weight excluding hydrogens is 392 g/mol. The van der Waals surface area contributed by atoms with Crippen molar-refractivity contribution in [1.82, 2.24) is 9.88 Å². The first-order chi connectivity index (χ1) is 14.7. The van der Waals surface area contributed by atoms with E-state index in [4.69, 9.17) is 6.42 Å². The molecule has 0 aliphatic heterocycles. The van der Waals surface area contributed by atoms with Crippen LogP contribution in [0.5, 0.6) is 0 Å². The first kappa shape index (κ1) is 21.9. The second kappa shape index (κ2) is 8.49. The van der Waals surface area contributed by atoms with E-state index < -0.39 is 23.6 Å². The number of hydrogen-bond acceptors (Lipinski definition) is 4. The van der Waals surface area contributed by atoms with Gasteiger partial charge in [0.25, 0.3) is 17.6 Å². The summed E-state index contributed by atoms with van der Waals surface area (Å²) in [6, 6.07) is 6.67. The van der Waals surface area contributed by atoms with Crippen LogP contribution in [0.1, 0.15) is 56.1 Å². The van der Waals surface area contributed by atoms with Crippen molar-refractivity contribution in [2.45, 2.75) is 39.7 Å². The van der Waals surface area contributed by atoms with Gasteiger partial charge in [0.2, 0.25) is 0 Å². The van der Waals surface area contributed by atoms with E-state index in [1.165, 1.54) is 0 Å². The number of amides is 2. The van der Waals surface area contributed by atoms with E-state index in [0.29, 0.717) is 22.5 Å². The van der Waals surface area contributed by atoms with Gasteiger partial charge in [-0.15, -0.1) is 6.42 Å². The van der Waals surface area contributed by atoms with E-state index in [1.54, 1.807) is 43.7 Å². The van der Waals surface area contributed by atoms with Crippen LogP contribution in [0.4, 0.5) is 5.69 Å². The predicted octanol–water partition coefficient (Wildman–Crippen LogP) is 2.79. The van der Waals surface area contributed by atoms with Crippen molar-refractivity contribution in [2.24, 2.45) is 13.0 Å². The third-order valence-electron chi connectivity index (χ3n) is 5.75. The fourth-order valence-corrected chi connectivity index (χ4v) is 3.69. The van der Waals surface area contributed by atoms with E-state index >= 15 is 0 Å². The minimum atomic E-state index is -0.768. The molecule has 0 spiro atoms. The number of rotatable bonds is 6. The van der Waals surface area contributed by atoms with Gasteiger partial charge in [-0.3, -0.25) is 14.4 Å². The van der Waals surface area contributed by atoms with Crippen molar-refractivity contribution in [3.63, 3.8) is 0 Å². The lowest BCUT2D eigenvalue weighted by Gasteiger charge is -2.11. The topological polar surface area (TPSA) is 104 Å². The van der Waals surface area contributed by atoms with Crippen molar-refractivity contribution in [3.05, 3.63) is 51.8 Å². The van der Waals surface area contributed by atoms with Gasteiger partial charge in [0.15, 0.2) is 0 Å². The Morgan fingerprint density at radius 2 is 1.90 bits per heavy atom. The maximum absolute atomic E-state index is 13.0. The summed E-state index contributed by atoms with van der Waals surface area (Å²) in [5, 5.41) is 14.6. The highest BCUT2D eigenvalue weighted by Gasteiger charge is 2.34. The maximum atomic E-state index is 13.0. The smallest absolute Gasteiger partial charge is 0.293 e. The van der Waals surface area contributed by atoms with Crippen LogP contribution < -0.4 is 10.6 Å². The molecule has 31 heavy (non-hydrogen) atoms. The molecule has 0 bridgehead atoms. The van der Waals surface area contributed by atoms with E-state index in [1.807, 2.05) is 6.92 Å². The highest BCUT2D eigenvalue weighted by molar-refractivity contribution is 6.43. The molecule has 1 atom stereocenters. The third-order valence-corrected chi connectivity index (χ3v) is 5.75. The van der Waals surface area contributed by atoms with Crippen molar-refractivity contribution < 1.29 is 14.4 Å². The lowest BCUT2D eigenvalue weighted by atomic mass is 10.0. The number of terminal acetylenes is 1. The van der Waals surface area contributed by atoms with Crippen molar-refractivity contribution in [2.75, 3.05) is 5.32 Å². The average molecular weight is 416 g/mol. The Hall–Kier alpha value is -3.84. The highest BCUT2D eigenvalue weighted by atomic mass is 16.2. The molecule has 0 radical (unpaired) electrons. The van der Waals surface area contributed by atoms with Crippen molar-refractivity contribution >= 4 is 23.3 Å². The number of hydrogen-bond donors (Lipinski definition) is 2. The second-order valence-electron chi connectivity index (χ2n) is 7.87. The number of benzene rings is 1. The first-order valence-corrected chi connectivity index (χ1v) is 9.98. The summed E-state index contributed by atoms with van der Waals surface area (Å²) in [5.74, 6) is 0.828. The SMILES string of the molecule is C#CC(NC(=O)C(=O)c1c(C)c(C(=O)Nc2ccc(C)c(C#N)c2)n(C)c1C)C1CC1. The Morgan fingerprint density at radius 1 is 1.23 bits per heavy atom. The summed E-state index contributed by atoms with van der Waals surface area (Å²) < 4.78 is 1.59. The summed E-state index contributed by atoms with van der Waals surface area (Å²) in [7, 11) is 1.66. The Kier molecular flexibility index (Phi) is 5.99. The van der Waals surface area contributed by atoms with Gasteiger partial charge in [-0.1, -0.05) is 12.0 Å². The van der Waals surface area contributed by atoms with E-state index in [2.05, 4.69) is 22.6 Å². The van der Waals surface area contributed by atoms with Gasteiger partial charge >= 0.3 is 0 Å². The van der Waals surface area contributed by atoms with Crippen LogP contribution in [0, 0.1) is 50.4 Å². The molecule has 1 heterocycles. The summed E-state index contributed by atoms with van der Waals surface area (Å²) in [6.07, 6.45) is 7.35. The average Bonchev–Trinajstić information content (AvgIpc) is 3.55. The molecule has 3 rings (SSSR count). The van der Waals surface area contributed by atoms with Gasteiger partial charge in [-0.05, 0) is 62.8 Å². The normalized spacial score (nSPS) is 13.6. The zero-order chi connectivity index (χ0) is 22.9. The molecule has 1 fully saturated rings. The van der Waals surface area contributed by atoms with Gasteiger partial charge in [0, 0.05) is 18.4 Å². The van der Waals surface area contributed by atoms with Gasteiger partial charge in [0.05, 0.1) is 23.2 Å². The molecule has 7 nitrogen and oxygen atoms in total. The van der Waals surface area contributed by atoms with Crippen LogP contribution in [0.3, 0.4) is 0 Å². The fourth-order valence-electron chi connectivity index (χ4n) is 3.69. The summed E-state index contributed by atoms with van der Waals surface area (Å²) in [5.41, 5.74) is 3.12. The van der Waals surface area contributed by atoms with Gasteiger partial charge in [-0.25, -0.2) is 0 Å². The lowest BCUT2D eigenvalue weighted by Crippen LogP contribution is -2.40. The summed E-state index contributed by atoms with van der Waals surface area (Å²) >= 11 is 0. The molecular formula is C24H24N4O3. The van der Waals surface area contributed by atoms with Crippen LogP contribution in [0.2, 0.25) is 0 Å². The standard InChI is InChI=1S/C24H24N4O3/c1-6-19(16-8-9-16)27-24(31)22(29)20-14(3)21(28(5)15(20)4)23(30)26-18-10-7-13(2)17(11-18)12-25/h1,7,10-11,16,19H,8-9H2,2-5H3,(H,26,30)(H,27,31). The summed E-state index contributed by atoms with van der Waals surface area (Å²) in [4.78, 5) is 38.4. The van der Waals surface area contributed by atoms with Crippen LogP contribution in [0.25, 0.3) is 0 Å². The molecule has 2 aromatic rings. The zero-order valence-corrected chi connectivity index (χ0v) is 18.0. The lowest BCUT2D eigenvalue weighted by molar-refractivity contribution is -0.117. The predicted molar refractivity (Wildman–Crippen MR) is 117 cm³/mol. The quantitative estimate of drug-likeness (QED) is 0.429. The molecule has 1 aliphatic rings. The van der Waals surface area contributed by atoms with E-state index in [0.717, 1.165) is 18.4 Å². The van der Waals surface area contributed by atoms with Crippen LogP contribution >= 0.6 is 0 Å². The molecule has 7 heteroatoms. The monoisotopic (exact) mass is 416 g/mol. The number of carbonyl (C=O) groups excluding carboxylic acids is 3. The van der Waals surface area contributed by atoms with Crippen LogP contribution in [-0.2, 0) is 11.8 Å². The number of nitrogens with one attached hydrogen (secondary N) is 2. The number of anilines is 1. The molecule has 1 unspecified atom stereocenters. The molecule has 1 saturated carbocycles. The van der Waals surface area contributed by atoms with Crippen molar-refractivity contribution in [1.29, 1.82) is 5.26 Å². The number of nitrogens with zero attached hydrogens (tertiary/aromatic N) is 2. The molecule has 158 valence electrons. The van der Waals surface area contributed by atoms with Crippen LogP contribution in [0.15, 0.2) is 18.2 Å². The molecule has 2 N–H and O–H groups in total. The molecule has 1 aromatic heterocycles. The number of aryl methyl sites for hydroxylation is 1. The van der Waals surface area contributed by atoms with E-state index in [9.17, 15) is 19.6 Å². The fraction of sp³-hybridized carbons (Fsp3) is 0.333. The largest absolute Gasteiger partial charge is 0.343 e. The van der Waals surface area contributed by atoms with Gasteiger partial charge < -0.3 is 15.2 Å². The first-order valence-electron chi connectivity index (χ1n) is 9.98. The number of Topliss-reactive ketones (excluding diaryl/α,β-unsaturated/α-hetero) is 1. The van der Waals surface area contributed by atoms with Gasteiger partial charge in [-0.2, -0.15) is 5.26 Å². The Bertz CT molecular complexity index is 1170. The van der Waals surface area contributed by atoms with Crippen molar-refractivity contribution in [3.8, 4) is 18.4 Å². The minimum absolute atomic E-state index is 0.193. The van der Waals surface area contributed by atoms with E-state index in [-0.39, 0.29) is 17.2 Å². The van der Waals surface area contributed by atoms with Gasteiger partial charge in [0.1, 0.15) is 5.69 Å². The number of aromatic nitrogens is 1. The van der Waals surface area contributed by atoms with Crippen LogP contribution in [-0.4, -0.2) is 28.2 Å².